The van der Waals surface area contributed by atoms with Gasteiger partial charge in [0.25, 0.3) is 5.91 Å². The first-order valence-electron chi connectivity index (χ1n) is 9.39. The standard InChI is InChI=1S/C19H23N5O2/c25-19(16-4-2-1-3-15(16)18-20-11-21-23-18)22-13-7-14-10-26-17(12-5-6-12)9-24(14)8-13/h1-4,11-14,17H,5-10H2,(H,22,25)(H,20,21,23)/t13-,14-,17-/m0/s1. The van der Waals surface area contributed by atoms with Crippen LogP contribution >= 0.6 is 0 Å². The molecule has 5 rings (SSSR count). The number of ether oxygens (including phenoxy) is 1. The van der Waals surface area contributed by atoms with Crippen LogP contribution in [0.1, 0.15) is 29.6 Å². The van der Waals surface area contributed by atoms with E-state index in [1.165, 1.54) is 19.2 Å². The molecule has 26 heavy (non-hydrogen) atoms. The number of carbonyl (C=O) groups is 1. The molecule has 3 heterocycles. The largest absolute Gasteiger partial charge is 0.375 e. The Morgan fingerprint density at radius 3 is 2.96 bits per heavy atom. The molecule has 1 amide bonds. The fraction of sp³-hybridized carbons (Fsp3) is 0.526. The van der Waals surface area contributed by atoms with Crippen LogP contribution in [0.5, 0.6) is 0 Å². The van der Waals surface area contributed by atoms with E-state index < -0.39 is 0 Å². The lowest BCUT2D eigenvalue weighted by molar-refractivity contribution is -0.0581. The lowest BCUT2D eigenvalue weighted by atomic mass is 10.1. The number of nitrogens with one attached hydrogen (secondary N) is 2. The fourth-order valence-corrected chi connectivity index (χ4v) is 4.24. The van der Waals surface area contributed by atoms with Crippen molar-refractivity contribution >= 4 is 5.91 Å². The minimum Gasteiger partial charge on any atom is -0.375 e. The average Bonchev–Trinajstić information content (AvgIpc) is 3.22. The number of H-pyrrole nitrogens is 1. The molecule has 1 aliphatic carbocycles. The van der Waals surface area contributed by atoms with Crippen LogP contribution < -0.4 is 5.32 Å². The second-order valence-electron chi connectivity index (χ2n) is 7.60. The molecule has 0 unspecified atom stereocenters. The van der Waals surface area contributed by atoms with Crippen molar-refractivity contribution in [2.24, 2.45) is 5.92 Å². The number of nitrogens with zero attached hydrogens (tertiary/aromatic N) is 3. The number of rotatable bonds is 4. The third-order valence-corrected chi connectivity index (χ3v) is 5.77. The lowest BCUT2D eigenvalue weighted by Crippen LogP contribution is -2.47. The number of aromatic nitrogens is 3. The molecular formula is C19H23N5O2. The molecule has 2 saturated heterocycles. The lowest BCUT2D eigenvalue weighted by Gasteiger charge is -2.35. The smallest absolute Gasteiger partial charge is 0.252 e. The Balaban J connectivity index is 1.27. The van der Waals surface area contributed by atoms with Gasteiger partial charge in [0.05, 0.1) is 18.3 Å². The van der Waals surface area contributed by atoms with Gasteiger partial charge in [-0.3, -0.25) is 14.8 Å². The molecule has 3 aliphatic rings. The highest BCUT2D eigenvalue weighted by molar-refractivity contribution is 6.00. The van der Waals surface area contributed by atoms with Crippen LogP contribution in [-0.2, 0) is 4.74 Å². The van der Waals surface area contributed by atoms with Crippen molar-refractivity contribution in [3.8, 4) is 11.4 Å². The van der Waals surface area contributed by atoms with Gasteiger partial charge in [-0.1, -0.05) is 18.2 Å². The first kappa shape index (κ1) is 16.0. The molecule has 0 bridgehead atoms. The summed E-state index contributed by atoms with van der Waals surface area (Å²) < 4.78 is 6.05. The Labute approximate surface area is 152 Å². The van der Waals surface area contributed by atoms with Crippen molar-refractivity contribution in [3.05, 3.63) is 36.2 Å². The minimum atomic E-state index is -0.0542. The van der Waals surface area contributed by atoms with Gasteiger partial charge < -0.3 is 10.1 Å². The molecule has 1 aromatic carbocycles. The van der Waals surface area contributed by atoms with Crippen molar-refractivity contribution in [3.63, 3.8) is 0 Å². The summed E-state index contributed by atoms with van der Waals surface area (Å²) >= 11 is 0. The number of aromatic amines is 1. The highest BCUT2D eigenvalue weighted by Crippen LogP contribution is 2.38. The van der Waals surface area contributed by atoms with E-state index in [-0.39, 0.29) is 11.9 Å². The minimum absolute atomic E-state index is 0.0542. The van der Waals surface area contributed by atoms with E-state index in [4.69, 9.17) is 4.74 Å². The van der Waals surface area contributed by atoms with Gasteiger partial charge in [-0.25, -0.2) is 4.98 Å². The summed E-state index contributed by atoms with van der Waals surface area (Å²) in [5.74, 6) is 1.32. The van der Waals surface area contributed by atoms with Gasteiger partial charge in [-0.05, 0) is 31.2 Å². The molecule has 7 heteroatoms. The average molecular weight is 353 g/mol. The van der Waals surface area contributed by atoms with Crippen molar-refractivity contribution in [2.75, 3.05) is 19.7 Å². The number of hydrogen-bond donors (Lipinski definition) is 2. The van der Waals surface area contributed by atoms with Crippen LogP contribution in [0.25, 0.3) is 11.4 Å². The SMILES string of the molecule is O=C(N[C@H]1C[C@H]2CO[C@H](C3CC3)CN2C1)c1ccccc1-c1ncn[nH]1. The fourth-order valence-electron chi connectivity index (χ4n) is 4.24. The Morgan fingerprint density at radius 2 is 2.15 bits per heavy atom. The summed E-state index contributed by atoms with van der Waals surface area (Å²) in [5.41, 5.74) is 1.40. The highest BCUT2D eigenvalue weighted by atomic mass is 16.5. The van der Waals surface area contributed by atoms with Gasteiger partial charge in [0, 0.05) is 30.7 Å². The van der Waals surface area contributed by atoms with Gasteiger partial charge in [0.15, 0.2) is 5.82 Å². The molecule has 0 radical (unpaired) electrons. The van der Waals surface area contributed by atoms with Crippen LogP contribution in [0, 0.1) is 5.92 Å². The second kappa shape index (κ2) is 6.48. The van der Waals surface area contributed by atoms with Gasteiger partial charge in [-0.2, -0.15) is 5.10 Å². The summed E-state index contributed by atoms with van der Waals surface area (Å²) in [6, 6.07) is 8.10. The Kier molecular flexibility index (Phi) is 3.98. The van der Waals surface area contributed by atoms with E-state index >= 15 is 0 Å². The predicted molar refractivity (Wildman–Crippen MR) is 95.5 cm³/mol. The molecule has 1 aromatic heterocycles. The molecule has 2 aliphatic heterocycles. The molecule has 3 atom stereocenters. The topological polar surface area (TPSA) is 83.1 Å². The monoisotopic (exact) mass is 353 g/mol. The van der Waals surface area contributed by atoms with Crippen molar-refractivity contribution < 1.29 is 9.53 Å². The van der Waals surface area contributed by atoms with E-state index in [0.717, 1.165) is 37.6 Å². The van der Waals surface area contributed by atoms with E-state index in [2.05, 4.69) is 25.4 Å². The van der Waals surface area contributed by atoms with Crippen LogP contribution in [-0.4, -0.2) is 63.9 Å². The normalized spacial score (nSPS) is 28.7. The van der Waals surface area contributed by atoms with E-state index in [9.17, 15) is 4.79 Å². The molecule has 136 valence electrons. The number of carbonyl (C=O) groups excluding carboxylic acids is 1. The third-order valence-electron chi connectivity index (χ3n) is 5.77. The molecule has 0 spiro atoms. The summed E-state index contributed by atoms with van der Waals surface area (Å²) in [7, 11) is 0. The summed E-state index contributed by atoms with van der Waals surface area (Å²) in [4.78, 5) is 19.6. The van der Waals surface area contributed by atoms with Gasteiger partial charge in [-0.15, -0.1) is 0 Å². The highest BCUT2D eigenvalue weighted by Gasteiger charge is 2.42. The third kappa shape index (κ3) is 3.01. The molecule has 1 saturated carbocycles. The van der Waals surface area contributed by atoms with Gasteiger partial charge in [0.2, 0.25) is 0 Å². The zero-order chi connectivity index (χ0) is 17.5. The maximum absolute atomic E-state index is 12.9. The van der Waals surface area contributed by atoms with Gasteiger partial charge in [0.1, 0.15) is 6.33 Å². The van der Waals surface area contributed by atoms with Crippen LogP contribution in [0.3, 0.4) is 0 Å². The quantitative estimate of drug-likeness (QED) is 0.869. The number of morpholine rings is 1. The zero-order valence-electron chi connectivity index (χ0n) is 14.6. The number of fused-ring (bicyclic) bond motifs is 1. The zero-order valence-corrected chi connectivity index (χ0v) is 14.6. The second-order valence-corrected chi connectivity index (χ2v) is 7.60. The van der Waals surface area contributed by atoms with Crippen molar-refractivity contribution in [1.82, 2.24) is 25.4 Å². The summed E-state index contributed by atoms with van der Waals surface area (Å²) in [6.07, 6.45) is 5.42. The van der Waals surface area contributed by atoms with Crippen LogP contribution in [0.2, 0.25) is 0 Å². The molecule has 3 fully saturated rings. The van der Waals surface area contributed by atoms with E-state index in [1.807, 2.05) is 24.3 Å². The predicted octanol–water partition coefficient (Wildman–Crippen LogP) is 1.45. The Morgan fingerprint density at radius 1 is 1.27 bits per heavy atom. The van der Waals surface area contributed by atoms with Crippen LogP contribution in [0.15, 0.2) is 30.6 Å². The molecule has 7 nitrogen and oxygen atoms in total. The number of hydrogen-bond acceptors (Lipinski definition) is 5. The Bertz CT molecular complexity index is 789. The van der Waals surface area contributed by atoms with Gasteiger partial charge >= 0.3 is 0 Å². The Hall–Kier alpha value is -2.25. The van der Waals surface area contributed by atoms with Crippen molar-refractivity contribution in [1.29, 1.82) is 0 Å². The maximum atomic E-state index is 12.9. The molecular weight excluding hydrogens is 330 g/mol. The summed E-state index contributed by atoms with van der Waals surface area (Å²) in [6.45, 7) is 2.71. The van der Waals surface area contributed by atoms with Crippen molar-refractivity contribution in [2.45, 2.75) is 37.5 Å². The van der Waals surface area contributed by atoms with E-state index in [0.29, 0.717) is 23.5 Å². The number of amides is 1. The summed E-state index contributed by atoms with van der Waals surface area (Å²) in [5, 5.41) is 9.94. The van der Waals surface area contributed by atoms with E-state index in [1.54, 1.807) is 0 Å². The molecule has 2 aromatic rings. The molecule has 2 N–H and O–H groups in total. The van der Waals surface area contributed by atoms with Crippen LogP contribution in [0.4, 0.5) is 0 Å². The first-order valence-corrected chi connectivity index (χ1v) is 9.39. The maximum Gasteiger partial charge on any atom is 0.252 e. The number of benzene rings is 1. The first-order chi connectivity index (χ1) is 12.8.